The molecule has 0 fully saturated rings. The Morgan fingerprint density at radius 2 is 2.23 bits per heavy atom. The van der Waals surface area contributed by atoms with Crippen molar-refractivity contribution < 1.29 is 0 Å². The number of aryl methyl sites for hydroxylation is 2. The zero-order chi connectivity index (χ0) is 14.9. The van der Waals surface area contributed by atoms with E-state index in [1.807, 2.05) is 12.1 Å². The van der Waals surface area contributed by atoms with Crippen LogP contribution >= 0.6 is 11.3 Å². The summed E-state index contributed by atoms with van der Waals surface area (Å²) in [6, 6.07) is 3.88. The highest BCUT2D eigenvalue weighted by Gasteiger charge is 2.19. The van der Waals surface area contributed by atoms with Gasteiger partial charge in [-0.3, -0.25) is 14.8 Å². The minimum atomic E-state index is -0.0295. The molecule has 3 aromatic rings. The van der Waals surface area contributed by atoms with E-state index in [-0.39, 0.29) is 5.56 Å². The van der Waals surface area contributed by atoms with Gasteiger partial charge in [0.15, 0.2) is 0 Å². The number of fused-ring (bicyclic) bond motifs is 3. The van der Waals surface area contributed by atoms with Crippen LogP contribution in [0.3, 0.4) is 0 Å². The van der Waals surface area contributed by atoms with Crippen LogP contribution in [0.25, 0.3) is 10.2 Å². The Labute approximate surface area is 131 Å². The van der Waals surface area contributed by atoms with Crippen LogP contribution in [0.2, 0.25) is 0 Å². The molecule has 3 aromatic heterocycles. The third kappa shape index (κ3) is 2.39. The molecular weight excluding hydrogens is 296 g/mol. The van der Waals surface area contributed by atoms with Crippen LogP contribution in [0.5, 0.6) is 0 Å². The molecule has 1 aliphatic carbocycles. The number of aromatic amines is 1. The van der Waals surface area contributed by atoms with Gasteiger partial charge < -0.3 is 5.32 Å². The van der Waals surface area contributed by atoms with Crippen LogP contribution in [0.15, 0.2) is 29.3 Å². The van der Waals surface area contributed by atoms with Crippen molar-refractivity contribution >= 4 is 27.5 Å². The van der Waals surface area contributed by atoms with E-state index in [9.17, 15) is 4.79 Å². The molecule has 112 valence electrons. The van der Waals surface area contributed by atoms with Crippen molar-refractivity contribution in [2.75, 3.05) is 5.32 Å². The predicted octanol–water partition coefficient (Wildman–Crippen LogP) is 2.87. The maximum absolute atomic E-state index is 12.4. The molecule has 0 aliphatic heterocycles. The van der Waals surface area contributed by atoms with Gasteiger partial charge in [0, 0.05) is 23.8 Å². The van der Waals surface area contributed by atoms with Crippen LogP contribution < -0.4 is 10.9 Å². The molecule has 1 aliphatic rings. The molecule has 0 bridgehead atoms. The van der Waals surface area contributed by atoms with Crippen LogP contribution in [0.4, 0.5) is 5.95 Å². The average Bonchev–Trinajstić information content (AvgIpc) is 2.92. The lowest BCUT2D eigenvalue weighted by atomic mass is 9.97. The lowest BCUT2D eigenvalue weighted by Gasteiger charge is -2.09. The van der Waals surface area contributed by atoms with E-state index in [0.717, 1.165) is 28.6 Å². The zero-order valence-corrected chi connectivity index (χ0v) is 12.9. The molecule has 4 rings (SSSR count). The standard InChI is InChI=1S/C16H16N4OS/c21-14-13-11-5-1-2-6-12(11)22-15(13)20-16(19-14)18-9-10-4-3-7-17-8-10/h3-4,7-8H,1-2,5-6,9H2,(H2,18,19,20,21). The van der Waals surface area contributed by atoms with Crippen molar-refractivity contribution in [2.45, 2.75) is 32.2 Å². The normalized spacial score (nSPS) is 14.0. The first-order valence-electron chi connectivity index (χ1n) is 7.48. The Morgan fingerprint density at radius 1 is 1.32 bits per heavy atom. The molecule has 0 saturated carbocycles. The number of hydrogen-bond donors (Lipinski definition) is 2. The minimum absolute atomic E-state index is 0.0295. The lowest BCUT2D eigenvalue weighted by molar-refractivity contribution is 0.700. The first-order chi connectivity index (χ1) is 10.8. The Morgan fingerprint density at radius 3 is 3.09 bits per heavy atom. The monoisotopic (exact) mass is 312 g/mol. The average molecular weight is 312 g/mol. The fraction of sp³-hybridized carbons (Fsp3) is 0.312. The topological polar surface area (TPSA) is 70.7 Å². The number of pyridine rings is 1. The van der Waals surface area contributed by atoms with Crippen LogP contribution in [-0.2, 0) is 19.4 Å². The van der Waals surface area contributed by atoms with Gasteiger partial charge in [0.1, 0.15) is 4.83 Å². The fourth-order valence-corrected chi connectivity index (χ4v) is 4.20. The van der Waals surface area contributed by atoms with Gasteiger partial charge in [0.25, 0.3) is 5.56 Å². The molecule has 0 radical (unpaired) electrons. The predicted molar refractivity (Wildman–Crippen MR) is 88.4 cm³/mol. The highest BCUT2D eigenvalue weighted by molar-refractivity contribution is 7.18. The molecule has 6 heteroatoms. The van der Waals surface area contributed by atoms with E-state index in [0.29, 0.717) is 12.5 Å². The van der Waals surface area contributed by atoms with E-state index in [2.05, 4.69) is 20.3 Å². The van der Waals surface area contributed by atoms with Crippen molar-refractivity contribution in [1.82, 2.24) is 15.0 Å². The molecule has 0 unspecified atom stereocenters. The van der Waals surface area contributed by atoms with Gasteiger partial charge in [-0.25, -0.2) is 4.98 Å². The van der Waals surface area contributed by atoms with Crippen LogP contribution in [0, 0.1) is 0 Å². The van der Waals surface area contributed by atoms with Gasteiger partial charge in [0.2, 0.25) is 5.95 Å². The Bertz CT molecular complexity index is 869. The summed E-state index contributed by atoms with van der Waals surface area (Å²) in [5.74, 6) is 0.528. The van der Waals surface area contributed by atoms with Gasteiger partial charge in [0.05, 0.1) is 5.39 Å². The van der Waals surface area contributed by atoms with E-state index >= 15 is 0 Å². The minimum Gasteiger partial charge on any atom is -0.352 e. The molecule has 0 amide bonds. The number of thiophene rings is 1. The number of nitrogens with one attached hydrogen (secondary N) is 2. The molecular formula is C16H16N4OS. The Hall–Kier alpha value is -2.21. The number of nitrogens with zero attached hydrogens (tertiary/aromatic N) is 2. The highest BCUT2D eigenvalue weighted by atomic mass is 32.1. The number of hydrogen-bond acceptors (Lipinski definition) is 5. The summed E-state index contributed by atoms with van der Waals surface area (Å²) < 4.78 is 0. The van der Waals surface area contributed by atoms with Gasteiger partial charge in [-0.05, 0) is 42.9 Å². The number of anilines is 1. The van der Waals surface area contributed by atoms with Crippen molar-refractivity contribution in [3.8, 4) is 0 Å². The number of aromatic nitrogens is 3. The summed E-state index contributed by atoms with van der Waals surface area (Å²) in [7, 11) is 0. The van der Waals surface area contributed by atoms with Gasteiger partial charge in [-0.15, -0.1) is 11.3 Å². The molecule has 0 saturated heterocycles. The fourth-order valence-electron chi connectivity index (χ4n) is 2.94. The molecule has 2 N–H and O–H groups in total. The van der Waals surface area contributed by atoms with E-state index in [4.69, 9.17) is 0 Å². The van der Waals surface area contributed by atoms with E-state index < -0.39 is 0 Å². The SMILES string of the molecule is O=c1[nH]c(NCc2cccnc2)nc2sc3c(c12)CCCC3. The van der Waals surface area contributed by atoms with Crippen molar-refractivity contribution in [1.29, 1.82) is 0 Å². The maximum Gasteiger partial charge on any atom is 0.261 e. The summed E-state index contributed by atoms with van der Waals surface area (Å²) in [6.07, 6.45) is 8.00. The van der Waals surface area contributed by atoms with Gasteiger partial charge in [-0.1, -0.05) is 6.07 Å². The number of H-pyrrole nitrogens is 1. The summed E-state index contributed by atoms with van der Waals surface area (Å²) in [5.41, 5.74) is 2.24. The first kappa shape index (κ1) is 13.5. The molecule has 0 spiro atoms. The second-order valence-corrected chi connectivity index (χ2v) is 6.60. The molecule has 22 heavy (non-hydrogen) atoms. The van der Waals surface area contributed by atoms with E-state index in [1.54, 1.807) is 23.7 Å². The van der Waals surface area contributed by atoms with Crippen LogP contribution in [0.1, 0.15) is 28.8 Å². The smallest absolute Gasteiger partial charge is 0.261 e. The lowest BCUT2D eigenvalue weighted by Crippen LogP contribution is -2.14. The second kappa shape index (κ2) is 5.53. The zero-order valence-electron chi connectivity index (χ0n) is 12.1. The quantitative estimate of drug-likeness (QED) is 0.780. The summed E-state index contributed by atoms with van der Waals surface area (Å²) >= 11 is 1.67. The van der Waals surface area contributed by atoms with Crippen molar-refractivity contribution in [3.63, 3.8) is 0 Å². The van der Waals surface area contributed by atoms with Crippen LogP contribution in [-0.4, -0.2) is 15.0 Å². The molecule has 5 nitrogen and oxygen atoms in total. The first-order valence-corrected chi connectivity index (χ1v) is 8.30. The summed E-state index contributed by atoms with van der Waals surface area (Å²) in [4.78, 5) is 26.1. The largest absolute Gasteiger partial charge is 0.352 e. The van der Waals surface area contributed by atoms with Gasteiger partial charge >= 0.3 is 0 Å². The van der Waals surface area contributed by atoms with Crippen molar-refractivity contribution in [2.24, 2.45) is 0 Å². The second-order valence-electron chi connectivity index (χ2n) is 5.52. The highest BCUT2D eigenvalue weighted by Crippen LogP contribution is 2.33. The maximum atomic E-state index is 12.4. The molecule has 0 aromatic carbocycles. The summed E-state index contributed by atoms with van der Waals surface area (Å²) in [6.45, 7) is 0.591. The molecule has 3 heterocycles. The van der Waals surface area contributed by atoms with E-state index in [1.165, 1.54) is 23.3 Å². The van der Waals surface area contributed by atoms with Crippen molar-refractivity contribution in [3.05, 3.63) is 50.9 Å². The Kier molecular flexibility index (Phi) is 3.38. The van der Waals surface area contributed by atoms with Gasteiger partial charge in [-0.2, -0.15) is 0 Å². The summed E-state index contributed by atoms with van der Waals surface area (Å²) in [5, 5.41) is 3.97. The third-order valence-corrected chi connectivity index (χ3v) is 5.19. The number of rotatable bonds is 3. The third-order valence-electron chi connectivity index (χ3n) is 4.01. The Balaban J connectivity index is 1.67. The molecule has 0 atom stereocenters.